The Hall–Kier alpha value is -2.70. The summed E-state index contributed by atoms with van der Waals surface area (Å²) in [6, 6.07) is 5.36. The highest BCUT2D eigenvalue weighted by Crippen LogP contribution is 2.19. The minimum absolute atomic E-state index is 0.274. The maximum Gasteiger partial charge on any atom is 0.309 e. The Balaban J connectivity index is 1.99. The molecule has 0 aliphatic heterocycles. The summed E-state index contributed by atoms with van der Waals surface area (Å²) in [4.78, 5) is 27.4. The van der Waals surface area contributed by atoms with Crippen molar-refractivity contribution in [3.05, 3.63) is 41.3 Å². The first-order chi connectivity index (χ1) is 11.2. The van der Waals surface area contributed by atoms with Crippen molar-refractivity contribution >= 4 is 11.9 Å². The summed E-state index contributed by atoms with van der Waals surface area (Å²) in [5.41, 5.74) is 1.42. The van der Waals surface area contributed by atoms with Gasteiger partial charge in [-0.25, -0.2) is 9.67 Å². The van der Waals surface area contributed by atoms with Crippen molar-refractivity contribution < 1.29 is 14.7 Å². The number of pyridine rings is 1. The van der Waals surface area contributed by atoms with Gasteiger partial charge in [-0.15, -0.1) is 0 Å². The summed E-state index contributed by atoms with van der Waals surface area (Å²) in [5.74, 6) is -0.513. The van der Waals surface area contributed by atoms with Gasteiger partial charge < -0.3 is 10.4 Å². The van der Waals surface area contributed by atoms with Crippen LogP contribution in [0.15, 0.2) is 24.4 Å². The fraction of sp³-hybridized carbons (Fsp3) is 0.412. The molecule has 0 aromatic carbocycles. The van der Waals surface area contributed by atoms with E-state index in [1.165, 1.54) is 6.20 Å². The van der Waals surface area contributed by atoms with Crippen LogP contribution >= 0.6 is 0 Å². The van der Waals surface area contributed by atoms with Gasteiger partial charge in [0.25, 0.3) is 5.91 Å². The minimum atomic E-state index is -0.882. The molecule has 0 fully saturated rings. The highest BCUT2D eigenvalue weighted by molar-refractivity contribution is 5.93. The number of aryl methyl sites for hydroxylation is 2. The predicted molar refractivity (Wildman–Crippen MR) is 89.2 cm³/mol. The zero-order chi connectivity index (χ0) is 17.9. The van der Waals surface area contributed by atoms with E-state index in [1.54, 1.807) is 30.7 Å². The van der Waals surface area contributed by atoms with Gasteiger partial charge in [-0.1, -0.05) is 0 Å². The standard InChI is InChI=1S/C17H22N4O3/c1-11-9-12(2)21(20-11)14-6-5-13(10-19-14)15(22)18-8-7-17(3,4)16(23)24/h5-6,9-10H,7-8H2,1-4H3,(H,18,22)(H,23,24). The van der Waals surface area contributed by atoms with Crippen LogP contribution in [0.1, 0.15) is 42.0 Å². The number of rotatable bonds is 6. The number of nitrogens with zero attached hydrogens (tertiary/aromatic N) is 3. The van der Waals surface area contributed by atoms with Crippen LogP contribution in [-0.2, 0) is 4.79 Å². The van der Waals surface area contributed by atoms with Gasteiger partial charge in [-0.2, -0.15) is 5.10 Å². The number of carboxylic acids is 1. The first-order valence-electron chi connectivity index (χ1n) is 7.72. The lowest BCUT2D eigenvalue weighted by atomic mass is 9.90. The molecule has 2 heterocycles. The maximum absolute atomic E-state index is 12.1. The number of nitrogens with one attached hydrogen (secondary N) is 1. The Morgan fingerprint density at radius 1 is 1.29 bits per heavy atom. The lowest BCUT2D eigenvalue weighted by Gasteiger charge is -2.18. The van der Waals surface area contributed by atoms with E-state index in [1.807, 2.05) is 19.9 Å². The fourth-order valence-electron chi connectivity index (χ4n) is 2.20. The zero-order valence-electron chi connectivity index (χ0n) is 14.3. The number of carboxylic acid groups (broad SMARTS) is 1. The van der Waals surface area contributed by atoms with E-state index in [0.29, 0.717) is 17.8 Å². The average molecular weight is 330 g/mol. The highest BCUT2D eigenvalue weighted by atomic mass is 16.4. The van der Waals surface area contributed by atoms with Crippen molar-refractivity contribution in [2.24, 2.45) is 5.41 Å². The van der Waals surface area contributed by atoms with Crippen LogP contribution in [0, 0.1) is 19.3 Å². The highest BCUT2D eigenvalue weighted by Gasteiger charge is 2.26. The third-order valence-corrected chi connectivity index (χ3v) is 3.85. The van der Waals surface area contributed by atoms with Gasteiger partial charge in [-0.05, 0) is 52.3 Å². The molecule has 0 atom stereocenters. The van der Waals surface area contributed by atoms with Crippen molar-refractivity contribution in [1.29, 1.82) is 0 Å². The lowest BCUT2D eigenvalue weighted by Crippen LogP contribution is -2.32. The Morgan fingerprint density at radius 2 is 2.00 bits per heavy atom. The van der Waals surface area contributed by atoms with Gasteiger partial charge in [0, 0.05) is 18.4 Å². The molecule has 0 aliphatic rings. The maximum atomic E-state index is 12.1. The number of aromatic nitrogens is 3. The van der Waals surface area contributed by atoms with Crippen molar-refractivity contribution in [3.63, 3.8) is 0 Å². The van der Waals surface area contributed by atoms with Gasteiger partial charge in [0.15, 0.2) is 5.82 Å². The molecule has 2 N–H and O–H groups in total. The molecular formula is C17H22N4O3. The lowest BCUT2D eigenvalue weighted by molar-refractivity contribution is -0.147. The number of hydrogen-bond acceptors (Lipinski definition) is 4. The number of amides is 1. The zero-order valence-corrected chi connectivity index (χ0v) is 14.3. The molecule has 0 saturated carbocycles. The predicted octanol–water partition coefficient (Wildman–Crippen LogP) is 2.11. The van der Waals surface area contributed by atoms with Crippen LogP contribution in [0.25, 0.3) is 5.82 Å². The molecular weight excluding hydrogens is 308 g/mol. The first kappa shape index (κ1) is 17.7. The quantitative estimate of drug-likeness (QED) is 0.845. The summed E-state index contributed by atoms with van der Waals surface area (Å²) in [5, 5.41) is 16.1. The van der Waals surface area contributed by atoms with Crippen LogP contribution in [-0.4, -0.2) is 38.3 Å². The van der Waals surface area contributed by atoms with Crippen LogP contribution < -0.4 is 5.32 Å². The van der Waals surface area contributed by atoms with E-state index >= 15 is 0 Å². The number of carbonyl (C=O) groups is 2. The molecule has 7 heteroatoms. The van der Waals surface area contributed by atoms with Crippen LogP contribution in [0.2, 0.25) is 0 Å². The summed E-state index contributed by atoms with van der Waals surface area (Å²) >= 11 is 0. The monoisotopic (exact) mass is 330 g/mol. The van der Waals surface area contributed by atoms with Crippen molar-refractivity contribution in [2.45, 2.75) is 34.1 Å². The minimum Gasteiger partial charge on any atom is -0.481 e. The van der Waals surface area contributed by atoms with Crippen LogP contribution in [0.3, 0.4) is 0 Å². The molecule has 0 spiro atoms. The van der Waals surface area contributed by atoms with Gasteiger partial charge in [0.05, 0.1) is 16.7 Å². The first-order valence-corrected chi connectivity index (χ1v) is 7.72. The van der Waals surface area contributed by atoms with E-state index in [-0.39, 0.29) is 12.5 Å². The second-order valence-corrected chi connectivity index (χ2v) is 6.44. The molecule has 0 aliphatic carbocycles. The fourth-order valence-corrected chi connectivity index (χ4v) is 2.20. The smallest absolute Gasteiger partial charge is 0.309 e. The molecule has 24 heavy (non-hydrogen) atoms. The normalized spacial score (nSPS) is 11.3. The Labute approximate surface area is 140 Å². The molecule has 0 unspecified atom stereocenters. The van der Waals surface area contributed by atoms with Gasteiger partial charge in [0.2, 0.25) is 0 Å². The molecule has 0 radical (unpaired) electrons. The van der Waals surface area contributed by atoms with Crippen molar-refractivity contribution in [2.75, 3.05) is 6.54 Å². The van der Waals surface area contributed by atoms with E-state index in [2.05, 4.69) is 15.4 Å². The third kappa shape index (κ3) is 3.98. The SMILES string of the molecule is Cc1cc(C)n(-c2ccc(C(=O)NCCC(C)(C)C(=O)O)cn2)n1. The van der Waals surface area contributed by atoms with Gasteiger partial charge in [-0.3, -0.25) is 9.59 Å². The van der Waals surface area contributed by atoms with E-state index < -0.39 is 11.4 Å². The molecule has 1 amide bonds. The second kappa shape index (κ2) is 6.82. The Bertz CT molecular complexity index is 748. The molecule has 0 bridgehead atoms. The van der Waals surface area contributed by atoms with Crippen LogP contribution in [0.5, 0.6) is 0 Å². The number of hydrogen-bond donors (Lipinski definition) is 2. The van der Waals surface area contributed by atoms with E-state index in [9.17, 15) is 9.59 Å². The van der Waals surface area contributed by atoms with Crippen LogP contribution in [0.4, 0.5) is 0 Å². The topological polar surface area (TPSA) is 97.1 Å². The van der Waals surface area contributed by atoms with E-state index in [4.69, 9.17) is 5.11 Å². The van der Waals surface area contributed by atoms with E-state index in [0.717, 1.165) is 11.4 Å². The largest absolute Gasteiger partial charge is 0.481 e. The summed E-state index contributed by atoms with van der Waals surface area (Å²) < 4.78 is 1.71. The molecule has 2 aromatic heterocycles. The summed E-state index contributed by atoms with van der Waals surface area (Å²) in [6.07, 6.45) is 1.84. The summed E-state index contributed by atoms with van der Waals surface area (Å²) in [7, 11) is 0. The second-order valence-electron chi connectivity index (χ2n) is 6.44. The van der Waals surface area contributed by atoms with Crippen molar-refractivity contribution in [1.82, 2.24) is 20.1 Å². The molecule has 2 rings (SSSR count). The van der Waals surface area contributed by atoms with Gasteiger partial charge in [0.1, 0.15) is 0 Å². The number of carbonyl (C=O) groups excluding carboxylic acids is 1. The summed E-state index contributed by atoms with van der Waals surface area (Å²) in [6.45, 7) is 7.40. The molecule has 128 valence electrons. The van der Waals surface area contributed by atoms with Crippen molar-refractivity contribution in [3.8, 4) is 5.82 Å². The Kier molecular flexibility index (Phi) is 5.02. The molecule has 7 nitrogen and oxygen atoms in total. The molecule has 2 aromatic rings. The average Bonchev–Trinajstić information content (AvgIpc) is 2.85. The third-order valence-electron chi connectivity index (χ3n) is 3.85. The molecule has 0 saturated heterocycles. The number of aliphatic carboxylic acids is 1. The van der Waals surface area contributed by atoms with Gasteiger partial charge >= 0.3 is 5.97 Å². The Morgan fingerprint density at radius 3 is 2.50 bits per heavy atom.